The van der Waals surface area contributed by atoms with Gasteiger partial charge in [-0.1, -0.05) is 20.3 Å². The van der Waals surface area contributed by atoms with Gasteiger partial charge < -0.3 is 24.4 Å². The summed E-state index contributed by atoms with van der Waals surface area (Å²) in [6.07, 6.45) is 7.92. The fourth-order valence-corrected chi connectivity index (χ4v) is 5.89. The van der Waals surface area contributed by atoms with Crippen LogP contribution in [0.2, 0.25) is 0 Å². The fourth-order valence-electron chi connectivity index (χ4n) is 5.89. The second kappa shape index (κ2) is 10.2. The van der Waals surface area contributed by atoms with Crippen molar-refractivity contribution in [1.29, 1.82) is 0 Å². The zero-order valence-electron chi connectivity index (χ0n) is 21.4. The third kappa shape index (κ3) is 4.92. The zero-order chi connectivity index (χ0) is 24.4. The summed E-state index contributed by atoms with van der Waals surface area (Å²) in [6, 6.07) is 4.00. The highest BCUT2D eigenvalue weighted by molar-refractivity contribution is 5.90. The highest BCUT2D eigenvalue weighted by atomic mass is 16.5. The first-order valence-electron chi connectivity index (χ1n) is 13.2. The van der Waals surface area contributed by atoms with Crippen molar-refractivity contribution in [2.24, 2.45) is 11.3 Å². The summed E-state index contributed by atoms with van der Waals surface area (Å²) in [5, 5.41) is 4.60. The van der Waals surface area contributed by atoms with Crippen molar-refractivity contribution in [2.75, 3.05) is 45.2 Å². The van der Waals surface area contributed by atoms with E-state index in [0.717, 1.165) is 53.8 Å². The number of carbonyl (C=O) groups is 1. The van der Waals surface area contributed by atoms with E-state index in [1.165, 1.54) is 45.2 Å². The van der Waals surface area contributed by atoms with E-state index in [-0.39, 0.29) is 11.5 Å². The molecule has 1 aliphatic heterocycles. The van der Waals surface area contributed by atoms with Crippen LogP contribution in [0.1, 0.15) is 69.6 Å². The largest absolute Gasteiger partial charge is 0.493 e. The molecular formula is C28H39N3O4. The van der Waals surface area contributed by atoms with Gasteiger partial charge >= 0.3 is 0 Å². The van der Waals surface area contributed by atoms with Crippen LogP contribution < -0.4 is 14.8 Å². The molecule has 2 heterocycles. The Balaban J connectivity index is 1.46. The molecule has 1 unspecified atom stereocenters. The number of anilines is 1. The molecule has 1 aromatic heterocycles. The number of hydrogen-bond donors (Lipinski definition) is 1. The summed E-state index contributed by atoms with van der Waals surface area (Å²) < 4.78 is 17.6. The number of ether oxygens (including phenoxy) is 3. The number of pyridine rings is 1. The minimum Gasteiger partial charge on any atom is -0.493 e. The average Bonchev–Trinajstić information content (AvgIpc) is 3.41. The van der Waals surface area contributed by atoms with Gasteiger partial charge in [0, 0.05) is 41.1 Å². The molecule has 2 fully saturated rings. The number of methoxy groups -OCH3 is 1. The van der Waals surface area contributed by atoms with E-state index in [1.54, 1.807) is 7.11 Å². The van der Waals surface area contributed by atoms with Gasteiger partial charge in [0.2, 0.25) is 0 Å². The molecule has 0 bridgehead atoms. The van der Waals surface area contributed by atoms with Crippen LogP contribution in [-0.4, -0.2) is 56.3 Å². The normalized spacial score (nSPS) is 21.5. The molecule has 190 valence electrons. The van der Waals surface area contributed by atoms with Gasteiger partial charge in [0.05, 0.1) is 19.2 Å². The second-order valence-corrected chi connectivity index (χ2v) is 11.1. The van der Waals surface area contributed by atoms with E-state index >= 15 is 0 Å². The number of carbonyl (C=O) groups excluding carboxylic acids is 1. The number of likely N-dealkylation sites (tertiary alicyclic amines) is 1. The minimum atomic E-state index is -0.332. The Labute approximate surface area is 208 Å². The van der Waals surface area contributed by atoms with Crippen molar-refractivity contribution in [1.82, 2.24) is 9.88 Å². The van der Waals surface area contributed by atoms with Crippen LogP contribution in [0.5, 0.6) is 11.5 Å². The van der Waals surface area contributed by atoms with Crippen molar-refractivity contribution in [3.63, 3.8) is 0 Å². The van der Waals surface area contributed by atoms with Crippen molar-refractivity contribution < 1.29 is 19.0 Å². The number of nitrogens with zero attached hydrogens (tertiary/aromatic N) is 2. The number of fused-ring (bicyclic) bond motifs is 3. The molecule has 1 N–H and O–H groups in total. The molecule has 2 aliphatic carbocycles. The quantitative estimate of drug-likeness (QED) is 0.353. The summed E-state index contributed by atoms with van der Waals surface area (Å²) in [5.74, 6) is 3.02. The first-order chi connectivity index (χ1) is 17.0. The minimum absolute atomic E-state index is 0.218. The van der Waals surface area contributed by atoms with E-state index in [0.29, 0.717) is 30.5 Å². The highest BCUT2D eigenvalue weighted by Gasteiger charge is 2.44. The zero-order valence-corrected chi connectivity index (χ0v) is 21.4. The Morgan fingerprint density at radius 3 is 2.66 bits per heavy atom. The molecule has 0 radical (unpaired) electrons. The monoisotopic (exact) mass is 481 g/mol. The second-order valence-electron chi connectivity index (χ2n) is 11.1. The molecule has 1 saturated heterocycles. The van der Waals surface area contributed by atoms with Gasteiger partial charge in [0.15, 0.2) is 11.5 Å². The molecule has 1 atom stereocenters. The van der Waals surface area contributed by atoms with E-state index in [9.17, 15) is 4.79 Å². The van der Waals surface area contributed by atoms with E-state index in [4.69, 9.17) is 19.2 Å². The number of hydrogen-bond acceptors (Lipinski definition) is 7. The molecule has 35 heavy (non-hydrogen) atoms. The maximum Gasteiger partial charge on any atom is 0.293 e. The van der Waals surface area contributed by atoms with Crippen LogP contribution >= 0.6 is 0 Å². The summed E-state index contributed by atoms with van der Waals surface area (Å²) in [4.78, 5) is 19.0. The van der Waals surface area contributed by atoms with Crippen LogP contribution in [-0.2, 0) is 16.0 Å². The SMILES string of the molecule is COc1cc2c3c(c(NCC4CCC4)nc2cc1OCCCN1CCCC1)CC(C)(C)C3OC=O. The lowest BCUT2D eigenvalue weighted by Gasteiger charge is -2.26. The molecule has 2 aromatic rings. The van der Waals surface area contributed by atoms with Crippen molar-refractivity contribution in [3.05, 3.63) is 23.3 Å². The van der Waals surface area contributed by atoms with Crippen LogP contribution in [0.4, 0.5) is 5.82 Å². The molecular weight excluding hydrogens is 442 g/mol. The van der Waals surface area contributed by atoms with Crippen LogP contribution in [0.15, 0.2) is 12.1 Å². The molecule has 0 amide bonds. The number of aromatic nitrogens is 1. The van der Waals surface area contributed by atoms with Gasteiger partial charge in [-0.15, -0.1) is 0 Å². The van der Waals surface area contributed by atoms with Crippen LogP contribution in [0.25, 0.3) is 10.9 Å². The van der Waals surface area contributed by atoms with Gasteiger partial charge in [-0.25, -0.2) is 4.98 Å². The van der Waals surface area contributed by atoms with Gasteiger partial charge in [-0.3, -0.25) is 4.79 Å². The lowest BCUT2D eigenvalue weighted by molar-refractivity contribution is -0.138. The summed E-state index contributed by atoms with van der Waals surface area (Å²) in [5.41, 5.74) is 2.81. The highest BCUT2D eigenvalue weighted by Crippen LogP contribution is 2.52. The van der Waals surface area contributed by atoms with Crippen molar-refractivity contribution in [3.8, 4) is 11.5 Å². The molecule has 1 aromatic carbocycles. The van der Waals surface area contributed by atoms with E-state index < -0.39 is 0 Å². The molecule has 1 saturated carbocycles. The number of benzene rings is 1. The summed E-state index contributed by atoms with van der Waals surface area (Å²) >= 11 is 0. The van der Waals surface area contributed by atoms with Crippen LogP contribution in [0.3, 0.4) is 0 Å². The van der Waals surface area contributed by atoms with Gasteiger partial charge in [-0.05, 0) is 63.6 Å². The first kappa shape index (κ1) is 24.2. The number of rotatable bonds is 11. The molecule has 0 spiro atoms. The predicted octanol–water partition coefficient (Wildman–Crippen LogP) is 5.12. The Hall–Kier alpha value is -2.54. The first-order valence-corrected chi connectivity index (χ1v) is 13.2. The average molecular weight is 482 g/mol. The Kier molecular flexibility index (Phi) is 7.05. The molecule has 7 nitrogen and oxygen atoms in total. The van der Waals surface area contributed by atoms with Gasteiger partial charge in [-0.2, -0.15) is 0 Å². The molecule has 3 aliphatic rings. The lowest BCUT2D eigenvalue weighted by atomic mass is 9.85. The van der Waals surface area contributed by atoms with Crippen molar-refractivity contribution >= 4 is 23.2 Å². The Bertz CT molecular complexity index is 1060. The fraction of sp³-hybridized carbons (Fsp3) is 0.643. The Morgan fingerprint density at radius 1 is 1.17 bits per heavy atom. The number of nitrogens with one attached hydrogen (secondary N) is 1. The maximum absolute atomic E-state index is 11.5. The standard InChI is InChI=1S/C28H39N3O4/c1-28(2)16-21-25(26(28)35-18-32)20-14-23(33-3)24(34-13-7-12-31-10-4-5-11-31)15-22(20)30-27(21)29-17-19-8-6-9-19/h14-15,18-19,26H,4-13,16-17H2,1-3H3,(H,29,30). The van der Waals surface area contributed by atoms with Crippen LogP contribution in [0, 0.1) is 11.3 Å². The van der Waals surface area contributed by atoms with E-state index in [2.05, 4.69) is 24.1 Å². The van der Waals surface area contributed by atoms with Gasteiger partial charge in [0.1, 0.15) is 11.9 Å². The topological polar surface area (TPSA) is 72.9 Å². The lowest BCUT2D eigenvalue weighted by Crippen LogP contribution is -2.22. The summed E-state index contributed by atoms with van der Waals surface area (Å²) in [7, 11) is 1.67. The van der Waals surface area contributed by atoms with E-state index in [1.807, 2.05) is 12.1 Å². The summed E-state index contributed by atoms with van der Waals surface area (Å²) in [6.45, 7) is 9.91. The smallest absolute Gasteiger partial charge is 0.293 e. The predicted molar refractivity (Wildman–Crippen MR) is 137 cm³/mol. The Morgan fingerprint density at radius 2 is 1.97 bits per heavy atom. The molecule has 5 rings (SSSR count). The van der Waals surface area contributed by atoms with Crippen molar-refractivity contribution in [2.45, 2.75) is 64.9 Å². The van der Waals surface area contributed by atoms with Gasteiger partial charge in [0.25, 0.3) is 6.47 Å². The third-order valence-corrected chi connectivity index (χ3v) is 8.07. The molecule has 7 heteroatoms. The maximum atomic E-state index is 11.5. The third-order valence-electron chi connectivity index (χ3n) is 8.07.